The van der Waals surface area contributed by atoms with Crippen molar-refractivity contribution in [3.63, 3.8) is 0 Å². The van der Waals surface area contributed by atoms with E-state index in [2.05, 4.69) is 29.6 Å². The Bertz CT molecular complexity index is 614. The van der Waals surface area contributed by atoms with Crippen LogP contribution in [0.5, 0.6) is 0 Å². The number of halogens is 1. The molecule has 0 radical (unpaired) electrons. The van der Waals surface area contributed by atoms with E-state index >= 15 is 0 Å². The Balaban J connectivity index is 1.88. The van der Waals surface area contributed by atoms with E-state index in [9.17, 15) is 4.39 Å². The summed E-state index contributed by atoms with van der Waals surface area (Å²) in [6, 6.07) is 14.0. The summed E-state index contributed by atoms with van der Waals surface area (Å²) >= 11 is 0. The second kappa shape index (κ2) is 5.98. The second-order valence-corrected chi connectivity index (χ2v) is 6.02. The summed E-state index contributed by atoms with van der Waals surface area (Å²) in [4.78, 5) is 0. The molecule has 1 aliphatic carbocycles. The minimum absolute atomic E-state index is 0.112. The van der Waals surface area contributed by atoms with Crippen LogP contribution in [-0.2, 0) is 0 Å². The fraction of sp³-hybridized carbons (Fsp3) is 0.368. The average molecular weight is 283 g/mol. The smallest absolute Gasteiger partial charge is 0.123 e. The maximum Gasteiger partial charge on any atom is 0.123 e. The Labute approximate surface area is 126 Å². The molecule has 3 rings (SSSR count). The van der Waals surface area contributed by atoms with Crippen LogP contribution < -0.4 is 5.32 Å². The number of benzene rings is 2. The van der Waals surface area contributed by atoms with Gasteiger partial charge in [0.25, 0.3) is 0 Å². The van der Waals surface area contributed by atoms with Gasteiger partial charge in [0.05, 0.1) is 6.04 Å². The van der Waals surface area contributed by atoms with Crippen molar-refractivity contribution in [3.05, 3.63) is 70.5 Å². The highest BCUT2D eigenvalue weighted by molar-refractivity contribution is 5.38. The lowest BCUT2D eigenvalue weighted by molar-refractivity contribution is 0.419. The van der Waals surface area contributed by atoms with Crippen molar-refractivity contribution in [1.29, 1.82) is 0 Å². The molecule has 0 spiro atoms. The number of nitrogens with one attached hydrogen (secondary N) is 1. The predicted molar refractivity (Wildman–Crippen MR) is 85.1 cm³/mol. The summed E-state index contributed by atoms with van der Waals surface area (Å²) < 4.78 is 13.3. The number of hydrogen-bond acceptors (Lipinski definition) is 1. The zero-order valence-corrected chi connectivity index (χ0v) is 12.7. The number of aryl methyl sites for hydroxylation is 1. The van der Waals surface area contributed by atoms with Crippen molar-refractivity contribution in [3.8, 4) is 0 Å². The van der Waals surface area contributed by atoms with Crippen LogP contribution in [0, 0.1) is 12.7 Å². The van der Waals surface area contributed by atoms with Gasteiger partial charge in [-0.2, -0.15) is 0 Å². The molecule has 1 atom stereocenters. The molecule has 0 saturated heterocycles. The average Bonchev–Trinajstić information content (AvgIpc) is 2.42. The van der Waals surface area contributed by atoms with Crippen LogP contribution >= 0.6 is 0 Å². The fourth-order valence-corrected chi connectivity index (χ4v) is 3.17. The first kappa shape index (κ1) is 14.3. The standard InChI is InChI=1S/C19H22FN/c1-13-12-17(20)10-11-18(13)19(21-2)16-8-6-15(7-9-16)14-4-3-5-14/h6-12,14,19,21H,3-5H2,1-2H3. The predicted octanol–water partition coefficient (Wildman–Crippen LogP) is 4.71. The van der Waals surface area contributed by atoms with E-state index in [4.69, 9.17) is 0 Å². The topological polar surface area (TPSA) is 12.0 Å². The molecule has 1 fully saturated rings. The lowest BCUT2D eigenvalue weighted by atomic mass is 9.79. The van der Waals surface area contributed by atoms with Crippen molar-refractivity contribution in [2.24, 2.45) is 0 Å². The first-order valence-corrected chi connectivity index (χ1v) is 7.72. The van der Waals surface area contributed by atoms with E-state index < -0.39 is 0 Å². The summed E-state index contributed by atoms with van der Waals surface area (Å²) in [5.41, 5.74) is 4.80. The van der Waals surface area contributed by atoms with Crippen molar-refractivity contribution < 1.29 is 4.39 Å². The minimum Gasteiger partial charge on any atom is -0.309 e. The first-order valence-electron chi connectivity index (χ1n) is 7.72. The van der Waals surface area contributed by atoms with Crippen LogP contribution in [0.15, 0.2) is 42.5 Å². The Hall–Kier alpha value is -1.67. The van der Waals surface area contributed by atoms with Gasteiger partial charge in [0, 0.05) is 0 Å². The minimum atomic E-state index is -0.175. The Kier molecular flexibility index (Phi) is 4.07. The molecule has 0 aromatic heterocycles. The molecule has 110 valence electrons. The van der Waals surface area contributed by atoms with Gasteiger partial charge in [-0.1, -0.05) is 36.8 Å². The zero-order valence-electron chi connectivity index (χ0n) is 12.7. The molecule has 1 saturated carbocycles. The number of hydrogen-bond donors (Lipinski definition) is 1. The molecule has 2 heteroatoms. The van der Waals surface area contributed by atoms with Gasteiger partial charge < -0.3 is 5.32 Å². The maximum absolute atomic E-state index is 13.3. The van der Waals surface area contributed by atoms with Crippen LogP contribution in [-0.4, -0.2) is 7.05 Å². The summed E-state index contributed by atoms with van der Waals surface area (Å²) in [5.74, 6) is 0.589. The van der Waals surface area contributed by atoms with E-state index in [-0.39, 0.29) is 11.9 Å². The van der Waals surface area contributed by atoms with Gasteiger partial charge in [0.2, 0.25) is 0 Å². The lowest BCUT2D eigenvalue weighted by Gasteiger charge is -2.26. The van der Waals surface area contributed by atoms with Crippen LogP contribution in [0.1, 0.15) is 53.5 Å². The molecule has 21 heavy (non-hydrogen) atoms. The summed E-state index contributed by atoms with van der Waals surface area (Å²) in [7, 11) is 1.95. The van der Waals surface area contributed by atoms with Gasteiger partial charge in [0.15, 0.2) is 0 Å². The largest absolute Gasteiger partial charge is 0.309 e. The molecule has 1 unspecified atom stereocenters. The first-order chi connectivity index (χ1) is 10.2. The normalized spacial score (nSPS) is 16.5. The highest BCUT2D eigenvalue weighted by Crippen LogP contribution is 2.37. The molecule has 1 N–H and O–H groups in total. The third-order valence-corrected chi connectivity index (χ3v) is 4.68. The molecule has 1 nitrogen and oxygen atoms in total. The van der Waals surface area contributed by atoms with Crippen molar-refractivity contribution >= 4 is 0 Å². The molecule has 2 aromatic carbocycles. The van der Waals surface area contributed by atoms with Gasteiger partial charge in [-0.3, -0.25) is 0 Å². The molecule has 0 heterocycles. The van der Waals surface area contributed by atoms with E-state index in [0.717, 1.165) is 17.0 Å². The van der Waals surface area contributed by atoms with Crippen LogP contribution in [0.25, 0.3) is 0 Å². The molecule has 2 aromatic rings. The molecule has 0 aliphatic heterocycles. The van der Waals surface area contributed by atoms with Gasteiger partial charge in [-0.15, -0.1) is 0 Å². The molecular formula is C19H22FN. The van der Waals surface area contributed by atoms with E-state index in [0.29, 0.717) is 0 Å². The second-order valence-electron chi connectivity index (χ2n) is 6.02. The van der Waals surface area contributed by atoms with Crippen LogP contribution in [0.3, 0.4) is 0 Å². The quantitative estimate of drug-likeness (QED) is 0.857. The Morgan fingerprint density at radius 2 is 1.81 bits per heavy atom. The van der Waals surface area contributed by atoms with E-state index in [1.807, 2.05) is 20.0 Å². The third kappa shape index (κ3) is 2.86. The van der Waals surface area contributed by atoms with Crippen LogP contribution in [0.4, 0.5) is 4.39 Å². The molecule has 0 amide bonds. The number of rotatable bonds is 4. The summed E-state index contributed by atoms with van der Waals surface area (Å²) in [6.45, 7) is 1.96. The van der Waals surface area contributed by atoms with E-state index in [1.165, 1.54) is 36.5 Å². The summed E-state index contributed by atoms with van der Waals surface area (Å²) in [6.07, 6.45) is 4.01. The Morgan fingerprint density at radius 3 is 2.33 bits per heavy atom. The molecular weight excluding hydrogens is 261 g/mol. The highest BCUT2D eigenvalue weighted by atomic mass is 19.1. The Morgan fingerprint density at radius 1 is 1.10 bits per heavy atom. The van der Waals surface area contributed by atoms with Crippen molar-refractivity contribution in [2.75, 3.05) is 7.05 Å². The van der Waals surface area contributed by atoms with Crippen molar-refractivity contribution in [2.45, 2.75) is 38.1 Å². The van der Waals surface area contributed by atoms with E-state index in [1.54, 1.807) is 6.07 Å². The zero-order chi connectivity index (χ0) is 14.8. The summed E-state index contributed by atoms with van der Waals surface area (Å²) in [5, 5.41) is 3.35. The lowest BCUT2D eigenvalue weighted by Crippen LogP contribution is -2.19. The van der Waals surface area contributed by atoms with Crippen LogP contribution in [0.2, 0.25) is 0 Å². The van der Waals surface area contributed by atoms with Gasteiger partial charge >= 0.3 is 0 Å². The molecule has 1 aliphatic rings. The highest BCUT2D eigenvalue weighted by Gasteiger charge is 2.20. The maximum atomic E-state index is 13.3. The SMILES string of the molecule is CNC(c1ccc(C2CCC2)cc1)c1ccc(F)cc1C. The van der Waals surface area contributed by atoms with Gasteiger partial charge in [-0.05, 0) is 67.1 Å². The fourth-order valence-electron chi connectivity index (χ4n) is 3.17. The van der Waals surface area contributed by atoms with Crippen molar-refractivity contribution in [1.82, 2.24) is 5.32 Å². The van der Waals surface area contributed by atoms with Gasteiger partial charge in [0.1, 0.15) is 5.82 Å². The van der Waals surface area contributed by atoms with Gasteiger partial charge in [-0.25, -0.2) is 4.39 Å². The monoisotopic (exact) mass is 283 g/mol. The third-order valence-electron chi connectivity index (χ3n) is 4.68. The molecule has 0 bridgehead atoms.